The number of amides is 1. The molecule has 0 radical (unpaired) electrons. The summed E-state index contributed by atoms with van der Waals surface area (Å²) in [5.41, 5.74) is 2.44. The van der Waals surface area contributed by atoms with Gasteiger partial charge in [-0.05, 0) is 30.7 Å². The molecule has 0 atom stereocenters. The molecule has 0 aliphatic heterocycles. The average molecular weight is 359 g/mol. The first-order valence-corrected chi connectivity index (χ1v) is 8.49. The number of nitrogens with zero attached hydrogens (tertiary/aromatic N) is 3. The van der Waals surface area contributed by atoms with Crippen molar-refractivity contribution in [2.75, 3.05) is 0 Å². The maximum Gasteiger partial charge on any atom is 0.262 e. The molecule has 4 aromatic rings. The summed E-state index contributed by atoms with van der Waals surface area (Å²) in [6.07, 6.45) is 1.49. The second-order valence-corrected chi connectivity index (χ2v) is 6.14. The highest BCUT2D eigenvalue weighted by Gasteiger charge is 2.13. The van der Waals surface area contributed by atoms with Crippen LogP contribution in [0.4, 0.5) is 0 Å². The first kappa shape index (κ1) is 16.7. The lowest BCUT2D eigenvalue weighted by atomic mass is 10.1. The van der Waals surface area contributed by atoms with E-state index < -0.39 is 0 Å². The molecule has 0 spiro atoms. The molecule has 0 aliphatic rings. The summed E-state index contributed by atoms with van der Waals surface area (Å²) in [5.74, 6) is 0.152. The molecular weight excluding hydrogens is 342 g/mol. The quantitative estimate of drug-likeness (QED) is 0.585. The summed E-state index contributed by atoms with van der Waals surface area (Å²) in [4.78, 5) is 31.9. The Bertz CT molecular complexity index is 1180. The van der Waals surface area contributed by atoms with E-state index in [2.05, 4.69) is 20.4 Å². The fraction of sp³-hybridized carbons (Fsp3) is 0.100. The highest BCUT2D eigenvalue weighted by molar-refractivity contribution is 5.95. The lowest BCUT2D eigenvalue weighted by molar-refractivity contribution is 0.0949. The third kappa shape index (κ3) is 3.22. The molecule has 0 fully saturated rings. The summed E-state index contributed by atoms with van der Waals surface area (Å²) in [5, 5.41) is 7.46. The number of hydrogen-bond donors (Lipinski definition) is 2. The van der Waals surface area contributed by atoms with Crippen molar-refractivity contribution in [1.29, 1.82) is 0 Å². The molecule has 2 aromatic carbocycles. The van der Waals surface area contributed by atoms with Crippen molar-refractivity contribution < 1.29 is 4.79 Å². The van der Waals surface area contributed by atoms with Crippen molar-refractivity contribution in [2.24, 2.45) is 0 Å². The minimum absolute atomic E-state index is 0.109. The fourth-order valence-corrected chi connectivity index (χ4v) is 2.89. The van der Waals surface area contributed by atoms with E-state index in [0.29, 0.717) is 22.4 Å². The van der Waals surface area contributed by atoms with Crippen LogP contribution in [-0.4, -0.2) is 25.7 Å². The van der Waals surface area contributed by atoms with Gasteiger partial charge < -0.3 is 10.3 Å². The first-order chi connectivity index (χ1) is 13.1. The van der Waals surface area contributed by atoms with Gasteiger partial charge in [-0.1, -0.05) is 36.4 Å². The van der Waals surface area contributed by atoms with Crippen LogP contribution in [0.5, 0.6) is 0 Å². The molecule has 7 heteroatoms. The Hall–Kier alpha value is -3.74. The van der Waals surface area contributed by atoms with Crippen LogP contribution in [0.15, 0.2) is 65.6 Å². The van der Waals surface area contributed by atoms with Crippen molar-refractivity contribution >= 4 is 16.9 Å². The number of hydrogen-bond acceptors (Lipinski definition) is 4. The standard InChI is InChI=1S/C20H17N5O2/c1-13-7-5-6-10-15(13)19(26)21-12-17-23-18-16(20(27)24-17)11-22-25(18)14-8-3-2-4-9-14/h2-11H,12H2,1H3,(H,21,26)(H,23,24,27). The van der Waals surface area contributed by atoms with Gasteiger partial charge in [-0.2, -0.15) is 5.10 Å². The van der Waals surface area contributed by atoms with Gasteiger partial charge >= 0.3 is 0 Å². The maximum atomic E-state index is 12.4. The van der Waals surface area contributed by atoms with Crippen LogP contribution in [0.2, 0.25) is 0 Å². The van der Waals surface area contributed by atoms with Crippen molar-refractivity contribution in [3.8, 4) is 5.69 Å². The lowest BCUT2D eigenvalue weighted by Gasteiger charge is -2.08. The number of nitrogens with one attached hydrogen (secondary N) is 2. The van der Waals surface area contributed by atoms with Gasteiger partial charge in [-0.15, -0.1) is 0 Å². The van der Waals surface area contributed by atoms with Crippen molar-refractivity contribution in [2.45, 2.75) is 13.5 Å². The van der Waals surface area contributed by atoms with E-state index in [1.54, 1.807) is 10.7 Å². The van der Waals surface area contributed by atoms with Gasteiger partial charge in [0.05, 0.1) is 18.4 Å². The zero-order valence-corrected chi connectivity index (χ0v) is 14.6. The molecule has 0 aliphatic carbocycles. The van der Waals surface area contributed by atoms with Crippen molar-refractivity contribution in [3.63, 3.8) is 0 Å². The van der Waals surface area contributed by atoms with Crippen LogP contribution >= 0.6 is 0 Å². The Balaban J connectivity index is 1.64. The molecule has 134 valence electrons. The van der Waals surface area contributed by atoms with Crippen LogP contribution in [0.3, 0.4) is 0 Å². The van der Waals surface area contributed by atoms with E-state index in [9.17, 15) is 9.59 Å². The number of benzene rings is 2. The Morgan fingerprint density at radius 3 is 2.63 bits per heavy atom. The van der Waals surface area contributed by atoms with E-state index in [4.69, 9.17) is 0 Å². The van der Waals surface area contributed by atoms with Gasteiger partial charge in [0.2, 0.25) is 0 Å². The molecule has 2 heterocycles. The number of aryl methyl sites for hydroxylation is 1. The minimum Gasteiger partial charge on any atom is -0.345 e. The summed E-state index contributed by atoms with van der Waals surface area (Å²) >= 11 is 0. The molecule has 2 N–H and O–H groups in total. The monoisotopic (exact) mass is 359 g/mol. The topological polar surface area (TPSA) is 92.7 Å². The third-order valence-electron chi connectivity index (χ3n) is 4.29. The smallest absolute Gasteiger partial charge is 0.262 e. The van der Waals surface area contributed by atoms with Gasteiger partial charge in [0.1, 0.15) is 11.2 Å². The molecule has 0 bridgehead atoms. The predicted octanol–water partition coefficient (Wildman–Crippen LogP) is 2.35. The Kier molecular flexibility index (Phi) is 4.25. The second kappa shape index (κ2) is 6.87. The minimum atomic E-state index is -0.290. The number of carbonyl (C=O) groups is 1. The van der Waals surface area contributed by atoms with Gasteiger partial charge in [0.15, 0.2) is 5.65 Å². The zero-order chi connectivity index (χ0) is 18.8. The largest absolute Gasteiger partial charge is 0.345 e. The fourth-order valence-electron chi connectivity index (χ4n) is 2.89. The first-order valence-electron chi connectivity index (χ1n) is 8.49. The number of aromatic amines is 1. The average Bonchev–Trinajstić information content (AvgIpc) is 3.12. The molecule has 1 amide bonds. The molecular formula is C20H17N5O2. The van der Waals surface area contributed by atoms with E-state index in [0.717, 1.165) is 11.3 Å². The summed E-state index contributed by atoms with van der Waals surface area (Å²) in [7, 11) is 0. The number of para-hydroxylation sites is 1. The second-order valence-electron chi connectivity index (χ2n) is 6.14. The van der Waals surface area contributed by atoms with E-state index in [1.807, 2.05) is 55.5 Å². The summed E-state index contributed by atoms with van der Waals surface area (Å²) in [6, 6.07) is 16.8. The summed E-state index contributed by atoms with van der Waals surface area (Å²) < 4.78 is 1.61. The number of rotatable bonds is 4. The maximum absolute atomic E-state index is 12.4. The Labute approximate surface area is 154 Å². The normalized spacial score (nSPS) is 10.9. The molecule has 0 saturated carbocycles. The third-order valence-corrected chi connectivity index (χ3v) is 4.29. The van der Waals surface area contributed by atoms with Crippen molar-refractivity contribution in [1.82, 2.24) is 25.1 Å². The van der Waals surface area contributed by atoms with Crippen LogP contribution in [0.1, 0.15) is 21.7 Å². The van der Waals surface area contributed by atoms with E-state index in [-0.39, 0.29) is 18.0 Å². The number of aromatic nitrogens is 4. The predicted molar refractivity (Wildman–Crippen MR) is 102 cm³/mol. The zero-order valence-electron chi connectivity index (χ0n) is 14.6. The highest BCUT2D eigenvalue weighted by atomic mass is 16.1. The van der Waals surface area contributed by atoms with Crippen LogP contribution in [0, 0.1) is 6.92 Å². The van der Waals surface area contributed by atoms with Crippen LogP contribution < -0.4 is 10.9 Å². The number of carbonyl (C=O) groups excluding carboxylic acids is 1. The summed E-state index contributed by atoms with van der Waals surface area (Å²) in [6.45, 7) is 1.98. The number of H-pyrrole nitrogens is 1. The SMILES string of the molecule is Cc1ccccc1C(=O)NCc1nc2c(cnn2-c2ccccc2)c(=O)[nH]1. The molecule has 0 saturated heterocycles. The Morgan fingerprint density at radius 1 is 1.11 bits per heavy atom. The number of fused-ring (bicyclic) bond motifs is 1. The molecule has 27 heavy (non-hydrogen) atoms. The van der Waals surface area contributed by atoms with E-state index >= 15 is 0 Å². The van der Waals surface area contributed by atoms with Crippen LogP contribution in [-0.2, 0) is 6.54 Å². The van der Waals surface area contributed by atoms with Crippen LogP contribution in [0.25, 0.3) is 16.7 Å². The van der Waals surface area contributed by atoms with Gasteiger partial charge in [-0.25, -0.2) is 9.67 Å². The lowest BCUT2D eigenvalue weighted by Crippen LogP contribution is -2.26. The molecule has 7 nitrogen and oxygen atoms in total. The highest BCUT2D eigenvalue weighted by Crippen LogP contribution is 2.13. The molecule has 4 rings (SSSR count). The Morgan fingerprint density at radius 2 is 1.85 bits per heavy atom. The van der Waals surface area contributed by atoms with Gasteiger partial charge in [0, 0.05) is 5.56 Å². The van der Waals surface area contributed by atoms with Gasteiger partial charge in [0.25, 0.3) is 11.5 Å². The molecule has 2 aromatic heterocycles. The molecule has 0 unspecified atom stereocenters. The van der Waals surface area contributed by atoms with E-state index in [1.165, 1.54) is 6.20 Å². The van der Waals surface area contributed by atoms with Gasteiger partial charge in [-0.3, -0.25) is 9.59 Å². The van der Waals surface area contributed by atoms with Crippen molar-refractivity contribution in [3.05, 3.63) is 88.1 Å².